The Morgan fingerprint density at radius 3 is 2.52 bits per heavy atom. The first kappa shape index (κ1) is 15.4. The molecule has 2 aromatic carbocycles. The van der Waals surface area contributed by atoms with Crippen LogP contribution in [0.15, 0.2) is 48.5 Å². The zero-order valence-electron chi connectivity index (χ0n) is 12.3. The highest BCUT2D eigenvalue weighted by Gasteiger charge is 2.12. The van der Waals surface area contributed by atoms with Gasteiger partial charge in [-0.15, -0.1) is 0 Å². The van der Waals surface area contributed by atoms with Gasteiger partial charge in [-0.25, -0.2) is 0 Å². The van der Waals surface area contributed by atoms with Gasteiger partial charge in [0.2, 0.25) is 0 Å². The Hall–Kier alpha value is -2.00. The molecule has 0 bridgehead atoms. The van der Waals surface area contributed by atoms with Crippen LogP contribution in [-0.4, -0.2) is 24.4 Å². The summed E-state index contributed by atoms with van der Waals surface area (Å²) in [5, 5.41) is 3.89. The summed E-state index contributed by atoms with van der Waals surface area (Å²) in [7, 11) is 1.79. The van der Waals surface area contributed by atoms with Crippen molar-refractivity contribution in [2.75, 3.05) is 18.9 Å². The highest BCUT2D eigenvalue weighted by atomic mass is 35.5. The van der Waals surface area contributed by atoms with Gasteiger partial charge in [0.15, 0.2) is 0 Å². The molecule has 0 aliphatic heterocycles. The largest absolute Gasteiger partial charge is 0.385 e. The first-order valence-corrected chi connectivity index (χ1v) is 7.32. The number of nitrogens with zero attached hydrogens (tertiary/aromatic N) is 1. The molecule has 0 atom stereocenters. The van der Waals surface area contributed by atoms with Crippen molar-refractivity contribution in [3.05, 3.63) is 64.7 Å². The van der Waals surface area contributed by atoms with Crippen LogP contribution in [0.25, 0.3) is 0 Å². The third-order valence-corrected chi connectivity index (χ3v) is 3.40. The molecule has 0 heterocycles. The summed E-state index contributed by atoms with van der Waals surface area (Å²) in [5.41, 5.74) is 2.72. The summed E-state index contributed by atoms with van der Waals surface area (Å²) in [6.45, 7) is 3.44. The molecule has 0 aromatic heterocycles. The standard InChI is InChI=1S/C17H19ClN2O/c1-3-19-16-9-7-14(8-10-16)17(21)20(2)12-13-5-4-6-15(18)11-13/h4-11,19H,3,12H2,1-2H3. The maximum absolute atomic E-state index is 12.4. The third kappa shape index (κ3) is 4.23. The Bertz CT molecular complexity index is 610. The van der Waals surface area contributed by atoms with Gasteiger partial charge in [-0.05, 0) is 48.9 Å². The van der Waals surface area contributed by atoms with Crippen molar-refractivity contribution in [2.24, 2.45) is 0 Å². The van der Waals surface area contributed by atoms with Crippen molar-refractivity contribution < 1.29 is 4.79 Å². The van der Waals surface area contributed by atoms with E-state index >= 15 is 0 Å². The fraction of sp³-hybridized carbons (Fsp3) is 0.235. The van der Waals surface area contributed by atoms with Crippen molar-refractivity contribution >= 4 is 23.2 Å². The number of amides is 1. The lowest BCUT2D eigenvalue weighted by Crippen LogP contribution is -2.26. The molecule has 4 heteroatoms. The molecule has 0 aliphatic rings. The van der Waals surface area contributed by atoms with Crippen molar-refractivity contribution in [2.45, 2.75) is 13.5 Å². The second-order valence-electron chi connectivity index (χ2n) is 4.90. The maximum Gasteiger partial charge on any atom is 0.253 e. The van der Waals surface area contributed by atoms with Crippen LogP contribution >= 0.6 is 11.6 Å². The Morgan fingerprint density at radius 2 is 1.90 bits per heavy atom. The van der Waals surface area contributed by atoms with Crippen LogP contribution in [0.2, 0.25) is 5.02 Å². The van der Waals surface area contributed by atoms with Crippen LogP contribution in [0.1, 0.15) is 22.8 Å². The molecule has 110 valence electrons. The minimum Gasteiger partial charge on any atom is -0.385 e. The van der Waals surface area contributed by atoms with Crippen molar-refractivity contribution in [1.82, 2.24) is 4.90 Å². The molecule has 1 N–H and O–H groups in total. The fourth-order valence-electron chi connectivity index (χ4n) is 2.14. The lowest BCUT2D eigenvalue weighted by atomic mass is 10.1. The third-order valence-electron chi connectivity index (χ3n) is 3.17. The van der Waals surface area contributed by atoms with E-state index < -0.39 is 0 Å². The molecule has 0 saturated heterocycles. The second kappa shape index (κ2) is 7.14. The summed E-state index contributed by atoms with van der Waals surface area (Å²) in [6, 6.07) is 15.1. The smallest absolute Gasteiger partial charge is 0.253 e. The Kier molecular flexibility index (Phi) is 5.23. The van der Waals surface area contributed by atoms with E-state index in [2.05, 4.69) is 5.32 Å². The molecule has 1 amide bonds. The Balaban J connectivity index is 2.04. The average molecular weight is 303 g/mol. The van der Waals surface area contributed by atoms with Gasteiger partial charge < -0.3 is 10.2 Å². The van der Waals surface area contributed by atoms with Crippen LogP contribution in [-0.2, 0) is 6.54 Å². The van der Waals surface area contributed by atoms with Crippen LogP contribution < -0.4 is 5.32 Å². The van der Waals surface area contributed by atoms with Crippen molar-refractivity contribution in [3.8, 4) is 0 Å². The molecule has 3 nitrogen and oxygen atoms in total. The average Bonchev–Trinajstić information content (AvgIpc) is 2.47. The monoisotopic (exact) mass is 302 g/mol. The zero-order valence-corrected chi connectivity index (χ0v) is 13.0. The number of anilines is 1. The number of halogens is 1. The summed E-state index contributed by atoms with van der Waals surface area (Å²) >= 11 is 5.96. The molecule has 0 unspecified atom stereocenters. The number of hydrogen-bond donors (Lipinski definition) is 1. The molecule has 2 aromatic rings. The van der Waals surface area contributed by atoms with Crippen LogP contribution in [0, 0.1) is 0 Å². The number of hydrogen-bond acceptors (Lipinski definition) is 2. The summed E-state index contributed by atoms with van der Waals surface area (Å²) in [6.07, 6.45) is 0. The van der Waals surface area contributed by atoms with Gasteiger partial charge in [0.25, 0.3) is 5.91 Å². The molecule has 0 radical (unpaired) electrons. The normalized spacial score (nSPS) is 10.2. The van der Waals surface area contributed by atoms with Gasteiger partial charge in [0, 0.05) is 36.4 Å². The topological polar surface area (TPSA) is 32.3 Å². The van der Waals surface area contributed by atoms with Gasteiger partial charge in [-0.3, -0.25) is 4.79 Å². The lowest BCUT2D eigenvalue weighted by Gasteiger charge is -2.17. The molecule has 0 aliphatic carbocycles. The van der Waals surface area contributed by atoms with E-state index in [0.717, 1.165) is 17.8 Å². The zero-order chi connectivity index (χ0) is 15.2. The SMILES string of the molecule is CCNc1ccc(C(=O)N(C)Cc2cccc(Cl)c2)cc1. The molecule has 0 fully saturated rings. The quantitative estimate of drug-likeness (QED) is 0.904. The van der Waals surface area contributed by atoms with Crippen molar-refractivity contribution in [3.63, 3.8) is 0 Å². The van der Waals surface area contributed by atoms with E-state index in [1.807, 2.05) is 55.5 Å². The maximum atomic E-state index is 12.4. The lowest BCUT2D eigenvalue weighted by molar-refractivity contribution is 0.0785. The number of carbonyl (C=O) groups excluding carboxylic acids is 1. The van der Waals surface area contributed by atoms with Gasteiger partial charge in [0.05, 0.1) is 0 Å². The Labute approximate surface area is 130 Å². The minimum absolute atomic E-state index is 0.00183. The molecule has 0 spiro atoms. The summed E-state index contributed by atoms with van der Waals surface area (Å²) < 4.78 is 0. The van der Waals surface area contributed by atoms with E-state index in [1.54, 1.807) is 11.9 Å². The Morgan fingerprint density at radius 1 is 1.19 bits per heavy atom. The van der Waals surface area contributed by atoms with E-state index in [-0.39, 0.29) is 5.91 Å². The van der Waals surface area contributed by atoms with Crippen molar-refractivity contribution in [1.29, 1.82) is 0 Å². The number of rotatable bonds is 5. The van der Waals surface area contributed by atoms with Gasteiger partial charge in [0.1, 0.15) is 0 Å². The second-order valence-corrected chi connectivity index (χ2v) is 5.34. The van der Waals surface area contributed by atoms with Crippen LogP contribution in [0.5, 0.6) is 0 Å². The van der Waals surface area contributed by atoms with Gasteiger partial charge in [-0.2, -0.15) is 0 Å². The van der Waals surface area contributed by atoms with Gasteiger partial charge in [-0.1, -0.05) is 23.7 Å². The first-order valence-electron chi connectivity index (χ1n) is 6.94. The summed E-state index contributed by atoms with van der Waals surface area (Å²) in [5.74, 6) is -0.00183. The van der Waals surface area contributed by atoms with E-state index in [9.17, 15) is 4.79 Å². The minimum atomic E-state index is -0.00183. The molecule has 2 rings (SSSR count). The van der Waals surface area contributed by atoms with E-state index in [1.165, 1.54) is 0 Å². The highest BCUT2D eigenvalue weighted by Crippen LogP contribution is 2.15. The number of nitrogens with one attached hydrogen (secondary N) is 1. The summed E-state index contributed by atoms with van der Waals surface area (Å²) in [4.78, 5) is 14.1. The van der Waals surface area contributed by atoms with Crippen LogP contribution in [0.4, 0.5) is 5.69 Å². The van der Waals surface area contributed by atoms with E-state index in [0.29, 0.717) is 17.1 Å². The predicted molar refractivity (Wildman–Crippen MR) is 87.9 cm³/mol. The first-order chi connectivity index (χ1) is 10.1. The molecule has 21 heavy (non-hydrogen) atoms. The molecular formula is C17H19ClN2O. The fourth-order valence-corrected chi connectivity index (χ4v) is 2.35. The molecular weight excluding hydrogens is 284 g/mol. The predicted octanol–water partition coefficient (Wildman–Crippen LogP) is 4.04. The highest BCUT2D eigenvalue weighted by molar-refractivity contribution is 6.30. The number of carbonyl (C=O) groups is 1. The van der Waals surface area contributed by atoms with Crippen LogP contribution in [0.3, 0.4) is 0 Å². The molecule has 0 saturated carbocycles. The number of benzene rings is 2. The van der Waals surface area contributed by atoms with Gasteiger partial charge >= 0.3 is 0 Å². The van der Waals surface area contributed by atoms with E-state index in [4.69, 9.17) is 11.6 Å².